The van der Waals surface area contributed by atoms with Gasteiger partial charge >= 0.3 is 5.97 Å². The molecule has 0 aliphatic carbocycles. The lowest BCUT2D eigenvalue weighted by molar-refractivity contribution is -0.143. The fourth-order valence-electron chi connectivity index (χ4n) is 0.325. The summed E-state index contributed by atoms with van der Waals surface area (Å²) < 4.78 is 2.96. The van der Waals surface area contributed by atoms with E-state index in [1.807, 2.05) is 0 Å². The first kappa shape index (κ1) is 13.1. The van der Waals surface area contributed by atoms with Crippen LogP contribution in [0.15, 0.2) is 12.2 Å². The second-order valence-corrected chi connectivity index (χ2v) is 5.36. The molecule has 0 heterocycles. The van der Waals surface area contributed by atoms with Crippen LogP contribution in [0.3, 0.4) is 0 Å². The molecule has 0 unspecified atom stereocenters. The van der Waals surface area contributed by atoms with Crippen molar-refractivity contribution in [2.75, 3.05) is 0 Å². The van der Waals surface area contributed by atoms with Gasteiger partial charge in [0, 0.05) is 5.57 Å². The summed E-state index contributed by atoms with van der Waals surface area (Å²) in [5.74, 6) is -0.668. The molecule has 0 N–H and O–H groups in total. The van der Waals surface area contributed by atoms with Gasteiger partial charge in [-0.3, -0.25) is 0 Å². The minimum Gasteiger partial charge on any atom is -0.423 e. The molecular weight excluding hydrogens is 234 g/mol. The van der Waals surface area contributed by atoms with Crippen LogP contribution in [0.4, 0.5) is 0 Å². The first-order valence-corrected chi connectivity index (χ1v) is 4.67. The van der Waals surface area contributed by atoms with Gasteiger partial charge in [-0.1, -0.05) is 29.8 Å². The monoisotopic (exact) mass is 244 g/mol. The lowest BCUT2D eigenvalue weighted by Crippen LogP contribution is -2.40. The molecule has 0 aromatic heterocycles. The molecule has 76 valence electrons. The Kier molecular flexibility index (Phi) is 4.10. The Balaban J connectivity index is 4.53. The van der Waals surface area contributed by atoms with E-state index in [0.717, 1.165) is 0 Å². The van der Waals surface area contributed by atoms with Crippen molar-refractivity contribution in [3.05, 3.63) is 12.2 Å². The lowest BCUT2D eigenvalue weighted by atomic mass is 10.2. The topological polar surface area (TPSA) is 26.3 Å². The van der Waals surface area contributed by atoms with Crippen molar-refractivity contribution in [3.8, 4) is 0 Å². The zero-order valence-corrected chi connectivity index (χ0v) is 9.93. The Morgan fingerprint density at radius 2 is 1.69 bits per heavy atom. The first-order valence-electron chi connectivity index (χ1n) is 3.53. The van der Waals surface area contributed by atoms with E-state index >= 15 is 0 Å². The highest BCUT2D eigenvalue weighted by atomic mass is 35.5. The number of alkyl halides is 3. The fourth-order valence-corrected chi connectivity index (χ4v) is 0.504. The van der Waals surface area contributed by atoms with Crippen LogP contribution >= 0.6 is 34.8 Å². The van der Waals surface area contributed by atoms with Gasteiger partial charge in [-0.05, 0) is 20.8 Å². The second kappa shape index (κ2) is 4.07. The van der Waals surface area contributed by atoms with Gasteiger partial charge in [0.15, 0.2) is 0 Å². The summed E-state index contributed by atoms with van der Waals surface area (Å²) in [5.41, 5.74) is 0.214. The summed E-state index contributed by atoms with van der Waals surface area (Å²) in [6.07, 6.45) is 0. The summed E-state index contributed by atoms with van der Waals surface area (Å²) in [6.45, 7) is 7.96. The Morgan fingerprint density at radius 1 is 1.31 bits per heavy atom. The average molecular weight is 246 g/mol. The summed E-state index contributed by atoms with van der Waals surface area (Å²) in [6, 6.07) is 0. The van der Waals surface area contributed by atoms with Crippen molar-refractivity contribution in [3.63, 3.8) is 0 Å². The maximum absolute atomic E-state index is 11.1. The molecular formula is C8H11Cl3O2. The van der Waals surface area contributed by atoms with Crippen LogP contribution in [0, 0.1) is 0 Å². The van der Waals surface area contributed by atoms with E-state index in [1.54, 1.807) is 13.8 Å². The largest absolute Gasteiger partial charge is 0.423 e. The normalized spacial score (nSPS) is 12.5. The van der Waals surface area contributed by atoms with Crippen LogP contribution < -0.4 is 0 Å². The van der Waals surface area contributed by atoms with Gasteiger partial charge in [0.25, 0.3) is 4.52 Å². The molecule has 0 spiro atoms. The van der Waals surface area contributed by atoms with Crippen LogP contribution in [0.2, 0.25) is 0 Å². The smallest absolute Gasteiger partial charge is 0.335 e. The quantitative estimate of drug-likeness (QED) is 0.433. The summed E-state index contributed by atoms with van der Waals surface area (Å²) >= 11 is 17.2. The highest BCUT2D eigenvalue weighted by molar-refractivity contribution is 6.52. The molecule has 0 aromatic rings. The predicted molar refractivity (Wildman–Crippen MR) is 55.3 cm³/mol. The fraction of sp³-hybridized carbons (Fsp3) is 0.625. The number of esters is 1. The first-order chi connectivity index (χ1) is 5.58. The lowest BCUT2D eigenvalue weighted by Gasteiger charge is -2.30. The minimum absolute atomic E-state index is 0.214. The third-order valence-electron chi connectivity index (χ3n) is 1.26. The zero-order valence-electron chi connectivity index (χ0n) is 7.66. The van der Waals surface area contributed by atoms with Crippen molar-refractivity contribution in [1.82, 2.24) is 0 Å². The molecule has 0 saturated heterocycles. The van der Waals surface area contributed by atoms with Crippen molar-refractivity contribution in [2.45, 2.75) is 30.2 Å². The van der Waals surface area contributed by atoms with Gasteiger partial charge in [0.2, 0.25) is 0 Å². The van der Waals surface area contributed by atoms with E-state index in [4.69, 9.17) is 39.5 Å². The SMILES string of the molecule is C=C(C)C(=O)OC(Cl)(Cl)C(C)(C)Cl. The average Bonchev–Trinajstić information content (AvgIpc) is 1.83. The Hall–Kier alpha value is 0.0800. The van der Waals surface area contributed by atoms with Gasteiger partial charge < -0.3 is 4.74 Å². The van der Waals surface area contributed by atoms with Gasteiger partial charge in [-0.25, -0.2) is 4.79 Å². The van der Waals surface area contributed by atoms with Crippen LogP contribution in [-0.2, 0) is 9.53 Å². The summed E-state index contributed by atoms with van der Waals surface area (Å²) in [4.78, 5) is 9.99. The molecule has 0 atom stereocenters. The van der Waals surface area contributed by atoms with Gasteiger partial charge in [0.05, 0.1) is 0 Å². The van der Waals surface area contributed by atoms with E-state index in [-0.39, 0.29) is 5.57 Å². The van der Waals surface area contributed by atoms with Crippen LogP contribution in [0.1, 0.15) is 20.8 Å². The molecule has 0 amide bonds. The molecule has 0 aromatic carbocycles. The van der Waals surface area contributed by atoms with E-state index in [1.165, 1.54) is 6.92 Å². The van der Waals surface area contributed by atoms with E-state index < -0.39 is 15.4 Å². The predicted octanol–water partition coefficient (Wildman–Crippen LogP) is 3.25. The van der Waals surface area contributed by atoms with Crippen molar-refractivity contribution >= 4 is 40.8 Å². The van der Waals surface area contributed by atoms with Crippen molar-refractivity contribution in [1.29, 1.82) is 0 Å². The number of rotatable bonds is 3. The molecule has 5 heteroatoms. The summed E-state index contributed by atoms with van der Waals surface area (Å²) in [5, 5.41) is 0. The number of hydrogen-bond acceptors (Lipinski definition) is 2. The van der Waals surface area contributed by atoms with E-state index in [0.29, 0.717) is 0 Å². The van der Waals surface area contributed by atoms with Crippen LogP contribution in [-0.4, -0.2) is 15.4 Å². The number of hydrogen-bond donors (Lipinski definition) is 0. The highest BCUT2D eigenvalue weighted by Crippen LogP contribution is 2.40. The molecule has 0 aliphatic heterocycles. The number of carbonyl (C=O) groups is 1. The molecule has 0 rings (SSSR count). The van der Waals surface area contributed by atoms with Gasteiger partial charge in [-0.2, -0.15) is 0 Å². The second-order valence-electron chi connectivity index (χ2n) is 3.16. The van der Waals surface area contributed by atoms with E-state index in [2.05, 4.69) is 6.58 Å². The Morgan fingerprint density at radius 3 is 1.92 bits per heavy atom. The number of carbonyl (C=O) groups excluding carboxylic acids is 1. The van der Waals surface area contributed by atoms with E-state index in [9.17, 15) is 4.79 Å². The number of ether oxygens (including phenoxy) is 1. The van der Waals surface area contributed by atoms with Gasteiger partial charge in [-0.15, -0.1) is 11.6 Å². The maximum Gasteiger partial charge on any atom is 0.335 e. The molecule has 0 radical (unpaired) electrons. The number of halogens is 3. The van der Waals surface area contributed by atoms with Crippen molar-refractivity contribution < 1.29 is 9.53 Å². The van der Waals surface area contributed by atoms with Crippen LogP contribution in [0.5, 0.6) is 0 Å². The maximum atomic E-state index is 11.1. The standard InChI is InChI=1S/C8H11Cl3O2/c1-5(2)6(12)13-8(10,11)7(3,4)9/h1H2,2-4H3. The molecule has 13 heavy (non-hydrogen) atoms. The highest BCUT2D eigenvalue weighted by Gasteiger charge is 2.44. The van der Waals surface area contributed by atoms with Gasteiger partial charge in [0.1, 0.15) is 4.87 Å². The molecule has 0 saturated carbocycles. The zero-order chi connectivity index (χ0) is 10.9. The Labute approximate surface area is 92.8 Å². The molecule has 2 nitrogen and oxygen atoms in total. The molecule has 0 fully saturated rings. The Bertz CT molecular complexity index is 228. The van der Waals surface area contributed by atoms with Crippen molar-refractivity contribution in [2.24, 2.45) is 0 Å². The molecule has 0 bridgehead atoms. The third-order valence-corrected chi connectivity index (χ3v) is 2.82. The molecule has 0 aliphatic rings. The van der Waals surface area contributed by atoms with Crippen LogP contribution in [0.25, 0.3) is 0 Å². The minimum atomic E-state index is -1.76. The third kappa shape index (κ3) is 3.75. The summed E-state index contributed by atoms with van der Waals surface area (Å²) in [7, 11) is 0.